The lowest BCUT2D eigenvalue weighted by Gasteiger charge is -2.21. The third-order valence-electron chi connectivity index (χ3n) is 3.24. The molecule has 4 nitrogen and oxygen atoms in total. The minimum Gasteiger partial charge on any atom is -0.385 e. The lowest BCUT2D eigenvalue weighted by molar-refractivity contribution is 0.0772. The summed E-state index contributed by atoms with van der Waals surface area (Å²) in [5.41, 5.74) is 7.31. The number of amidine groups is 1. The Labute approximate surface area is 93.8 Å². The molecule has 1 saturated heterocycles. The standard InChI is InChI=1S/C12H13N3O/c13-11-10-6-3-7-15(10)12(16)8-4-1-2-5-9(8)14-11/h1-2,4-5,10H,3,6-7H2,(H2,13,14)/t10-/m0/s1. The molecule has 0 saturated carbocycles. The van der Waals surface area contributed by atoms with E-state index in [-0.39, 0.29) is 11.9 Å². The molecule has 2 heterocycles. The largest absolute Gasteiger partial charge is 0.385 e. The van der Waals surface area contributed by atoms with Gasteiger partial charge in [0.1, 0.15) is 5.84 Å². The summed E-state index contributed by atoms with van der Waals surface area (Å²) >= 11 is 0. The molecule has 2 aliphatic heterocycles. The van der Waals surface area contributed by atoms with Crippen LogP contribution in [0.25, 0.3) is 0 Å². The second-order valence-electron chi connectivity index (χ2n) is 4.21. The van der Waals surface area contributed by atoms with E-state index in [1.54, 1.807) is 0 Å². The molecule has 1 aromatic rings. The fraction of sp³-hybridized carbons (Fsp3) is 0.333. The van der Waals surface area contributed by atoms with Crippen molar-refractivity contribution >= 4 is 17.4 Å². The van der Waals surface area contributed by atoms with Gasteiger partial charge in [0.05, 0.1) is 17.3 Å². The summed E-state index contributed by atoms with van der Waals surface area (Å²) in [6.07, 6.45) is 1.93. The first-order chi connectivity index (χ1) is 7.77. The van der Waals surface area contributed by atoms with Crippen molar-refractivity contribution in [2.75, 3.05) is 6.54 Å². The van der Waals surface area contributed by atoms with E-state index in [0.717, 1.165) is 19.4 Å². The number of aliphatic imine (C=N–C) groups is 1. The minimum atomic E-state index is -0.0000926. The highest BCUT2D eigenvalue weighted by Gasteiger charge is 2.34. The van der Waals surface area contributed by atoms with Crippen LogP contribution in [0, 0.1) is 0 Å². The average Bonchev–Trinajstić information content (AvgIpc) is 2.74. The first-order valence-electron chi connectivity index (χ1n) is 5.51. The highest BCUT2D eigenvalue weighted by Crippen LogP contribution is 2.29. The van der Waals surface area contributed by atoms with Crippen molar-refractivity contribution in [1.29, 1.82) is 0 Å². The van der Waals surface area contributed by atoms with Gasteiger partial charge in [0, 0.05) is 6.54 Å². The van der Waals surface area contributed by atoms with E-state index in [0.29, 0.717) is 17.1 Å². The Morgan fingerprint density at radius 1 is 1.38 bits per heavy atom. The molecular formula is C12H13N3O. The lowest BCUT2D eigenvalue weighted by Crippen LogP contribution is -2.42. The molecule has 16 heavy (non-hydrogen) atoms. The van der Waals surface area contributed by atoms with Gasteiger partial charge in [-0.25, -0.2) is 4.99 Å². The Morgan fingerprint density at radius 2 is 2.19 bits per heavy atom. The maximum atomic E-state index is 12.3. The van der Waals surface area contributed by atoms with Crippen LogP contribution >= 0.6 is 0 Å². The predicted octanol–water partition coefficient (Wildman–Crippen LogP) is 1.29. The van der Waals surface area contributed by atoms with Gasteiger partial charge in [-0.05, 0) is 25.0 Å². The zero-order valence-corrected chi connectivity index (χ0v) is 8.89. The van der Waals surface area contributed by atoms with Gasteiger partial charge < -0.3 is 10.6 Å². The number of fused-ring (bicyclic) bond motifs is 2. The van der Waals surface area contributed by atoms with Gasteiger partial charge >= 0.3 is 0 Å². The Balaban J connectivity index is 2.17. The molecule has 4 heteroatoms. The Kier molecular flexibility index (Phi) is 1.96. The minimum absolute atomic E-state index is 0.0000926. The van der Waals surface area contributed by atoms with Crippen molar-refractivity contribution in [3.8, 4) is 0 Å². The number of carbonyl (C=O) groups excluding carboxylic acids is 1. The van der Waals surface area contributed by atoms with Crippen LogP contribution in [0.3, 0.4) is 0 Å². The molecule has 1 aromatic carbocycles. The van der Waals surface area contributed by atoms with Crippen molar-refractivity contribution in [3.63, 3.8) is 0 Å². The van der Waals surface area contributed by atoms with Gasteiger partial charge in [-0.3, -0.25) is 4.79 Å². The van der Waals surface area contributed by atoms with Crippen molar-refractivity contribution in [1.82, 2.24) is 4.90 Å². The number of amides is 1. The van der Waals surface area contributed by atoms with E-state index in [1.165, 1.54) is 0 Å². The van der Waals surface area contributed by atoms with E-state index in [2.05, 4.69) is 4.99 Å². The van der Waals surface area contributed by atoms with Gasteiger partial charge in [0.2, 0.25) is 0 Å². The molecule has 0 radical (unpaired) electrons. The van der Waals surface area contributed by atoms with Crippen LogP contribution in [0.2, 0.25) is 0 Å². The van der Waals surface area contributed by atoms with Gasteiger partial charge in [-0.1, -0.05) is 12.1 Å². The van der Waals surface area contributed by atoms with Crippen molar-refractivity contribution in [3.05, 3.63) is 29.8 Å². The quantitative estimate of drug-likeness (QED) is 0.709. The van der Waals surface area contributed by atoms with Crippen LogP contribution in [0.5, 0.6) is 0 Å². The lowest BCUT2D eigenvalue weighted by atomic mass is 10.1. The number of nitrogens with zero attached hydrogens (tertiary/aromatic N) is 2. The summed E-state index contributed by atoms with van der Waals surface area (Å²) in [4.78, 5) is 18.5. The molecule has 2 N–H and O–H groups in total. The number of benzene rings is 1. The van der Waals surface area contributed by atoms with E-state index >= 15 is 0 Å². The average molecular weight is 215 g/mol. The highest BCUT2D eigenvalue weighted by atomic mass is 16.2. The molecule has 1 atom stereocenters. The summed E-state index contributed by atoms with van der Waals surface area (Å²) in [5, 5.41) is 0. The van der Waals surface area contributed by atoms with Gasteiger partial charge in [-0.2, -0.15) is 0 Å². The number of rotatable bonds is 0. The Hall–Kier alpha value is -1.84. The van der Waals surface area contributed by atoms with E-state index in [9.17, 15) is 4.79 Å². The second-order valence-corrected chi connectivity index (χ2v) is 4.21. The van der Waals surface area contributed by atoms with E-state index in [1.807, 2.05) is 29.2 Å². The summed E-state index contributed by atoms with van der Waals surface area (Å²) in [6.45, 7) is 0.786. The SMILES string of the molecule is NC1=Nc2ccccc2C(=O)N2CCC[C@@H]12. The summed E-state index contributed by atoms with van der Waals surface area (Å²) < 4.78 is 0. The molecule has 1 fully saturated rings. The van der Waals surface area contributed by atoms with Crippen molar-refractivity contribution in [2.24, 2.45) is 10.7 Å². The van der Waals surface area contributed by atoms with Crippen LogP contribution in [0.15, 0.2) is 29.3 Å². The van der Waals surface area contributed by atoms with E-state index < -0.39 is 0 Å². The third kappa shape index (κ3) is 1.23. The molecular weight excluding hydrogens is 202 g/mol. The van der Waals surface area contributed by atoms with Crippen LogP contribution < -0.4 is 5.73 Å². The summed E-state index contributed by atoms with van der Waals surface area (Å²) in [6, 6.07) is 7.38. The fourth-order valence-corrected chi connectivity index (χ4v) is 2.44. The Bertz CT molecular complexity index is 481. The number of hydrogen-bond donors (Lipinski definition) is 1. The number of nitrogens with two attached hydrogens (primary N) is 1. The van der Waals surface area contributed by atoms with Crippen molar-refractivity contribution < 1.29 is 4.79 Å². The smallest absolute Gasteiger partial charge is 0.256 e. The molecule has 0 bridgehead atoms. The molecule has 0 aliphatic carbocycles. The maximum Gasteiger partial charge on any atom is 0.256 e. The third-order valence-corrected chi connectivity index (χ3v) is 3.24. The second kappa shape index (κ2) is 3.33. The van der Waals surface area contributed by atoms with Crippen LogP contribution in [0.1, 0.15) is 23.2 Å². The molecule has 3 rings (SSSR count). The zero-order chi connectivity index (χ0) is 11.1. The van der Waals surface area contributed by atoms with Gasteiger partial charge in [-0.15, -0.1) is 0 Å². The molecule has 2 aliphatic rings. The number of carbonyl (C=O) groups is 1. The first kappa shape index (κ1) is 9.39. The molecule has 0 aromatic heterocycles. The van der Waals surface area contributed by atoms with Crippen LogP contribution in [-0.4, -0.2) is 29.2 Å². The van der Waals surface area contributed by atoms with E-state index in [4.69, 9.17) is 5.73 Å². The van der Waals surface area contributed by atoms with Crippen LogP contribution in [-0.2, 0) is 0 Å². The number of hydrogen-bond acceptors (Lipinski definition) is 3. The predicted molar refractivity (Wildman–Crippen MR) is 61.8 cm³/mol. The molecule has 1 amide bonds. The topological polar surface area (TPSA) is 58.7 Å². The van der Waals surface area contributed by atoms with Crippen molar-refractivity contribution in [2.45, 2.75) is 18.9 Å². The summed E-state index contributed by atoms with van der Waals surface area (Å²) in [5.74, 6) is 0.623. The van der Waals surface area contributed by atoms with Crippen LogP contribution in [0.4, 0.5) is 5.69 Å². The monoisotopic (exact) mass is 215 g/mol. The summed E-state index contributed by atoms with van der Waals surface area (Å²) in [7, 11) is 0. The maximum absolute atomic E-state index is 12.3. The van der Waals surface area contributed by atoms with Gasteiger partial charge in [0.25, 0.3) is 5.91 Å². The molecule has 0 unspecified atom stereocenters. The molecule has 82 valence electrons. The highest BCUT2D eigenvalue weighted by molar-refractivity contribution is 6.05. The molecule has 0 spiro atoms. The normalized spacial score (nSPS) is 23.5. The fourth-order valence-electron chi connectivity index (χ4n) is 2.44. The van der Waals surface area contributed by atoms with Gasteiger partial charge in [0.15, 0.2) is 0 Å². The Morgan fingerprint density at radius 3 is 3.06 bits per heavy atom. The number of para-hydroxylation sites is 1. The zero-order valence-electron chi connectivity index (χ0n) is 8.89. The first-order valence-corrected chi connectivity index (χ1v) is 5.51.